The normalized spacial score (nSPS) is 13.2. The van der Waals surface area contributed by atoms with Gasteiger partial charge in [-0.3, -0.25) is 9.59 Å². The second kappa shape index (κ2) is 7.28. The van der Waals surface area contributed by atoms with Crippen LogP contribution in [0.25, 0.3) is 0 Å². The zero-order valence-electron chi connectivity index (χ0n) is 13.7. The van der Waals surface area contributed by atoms with Crippen molar-refractivity contribution in [2.75, 3.05) is 13.1 Å². The molecule has 0 saturated carbocycles. The molecule has 0 aromatic carbocycles. The van der Waals surface area contributed by atoms with Crippen LogP contribution in [0.4, 0.5) is 4.79 Å². The lowest BCUT2D eigenvalue weighted by Gasteiger charge is -2.30. The first kappa shape index (κ1) is 19.2. The third-order valence-corrected chi connectivity index (χ3v) is 2.65. The highest BCUT2D eigenvalue weighted by Crippen LogP contribution is 2.25. The van der Waals surface area contributed by atoms with Crippen LogP contribution in [-0.4, -0.2) is 36.6 Å². The van der Waals surface area contributed by atoms with Crippen molar-refractivity contribution in [3.05, 3.63) is 0 Å². The summed E-state index contributed by atoms with van der Waals surface area (Å²) in [6.07, 6.45) is -0.584. The molecule has 0 aliphatic carbocycles. The Kier molecular flexibility index (Phi) is 6.66. The van der Waals surface area contributed by atoms with Crippen molar-refractivity contribution in [1.82, 2.24) is 10.6 Å². The van der Waals surface area contributed by atoms with Gasteiger partial charge in [-0.1, -0.05) is 20.8 Å². The third kappa shape index (κ3) is 8.88. The molecule has 122 valence electrons. The highest BCUT2D eigenvalue weighted by molar-refractivity contribution is 5.85. The van der Waals surface area contributed by atoms with E-state index < -0.39 is 28.9 Å². The number of hydrogen-bond donors (Lipinski definition) is 3. The number of nitrogens with two attached hydrogens (primary N) is 1. The summed E-state index contributed by atoms with van der Waals surface area (Å²) < 4.78 is 5.12. The van der Waals surface area contributed by atoms with Gasteiger partial charge in [0.25, 0.3) is 0 Å². The summed E-state index contributed by atoms with van der Waals surface area (Å²) in [5.74, 6) is -1.46. The van der Waals surface area contributed by atoms with Gasteiger partial charge >= 0.3 is 6.09 Å². The SMILES string of the molecule is CC(C)(C)OC(=O)NCC(C(=O)NCC(N)=O)C(C)(C)C. The van der Waals surface area contributed by atoms with Crippen molar-refractivity contribution in [2.24, 2.45) is 17.1 Å². The number of primary amides is 1. The maximum Gasteiger partial charge on any atom is 0.407 e. The van der Waals surface area contributed by atoms with E-state index in [4.69, 9.17) is 10.5 Å². The van der Waals surface area contributed by atoms with Crippen molar-refractivity contribution in [1.29, 1.82) is 0 Å². The summed E-state index contributed by atoms with van der Waals surface area (Å²) in [6.45, 7) is 10.8. The second-order valence-electron chi connectivity index (χ2n) is 6.99. The summed E-state index contributed by atoms with van der Waals surface area (Å²) in [6, 6.07) is 0. The quantitative estimate of drug-likeness (QED) is 0.696. The molecule has 0 saturated heterocycles. The lowest BCUT2D eigenvalue weighted by atomic mass is 9.80. The van der Waals surface area contributed by atoms with Crippen molar-refractivity contribution >= 4 is 17.9 Å². The van der Waals surface area contributed by atoms with Gasteiger partial charge in [-0.05, 0) is 26.2 Å². The molecule has 1 atom stereocenters. The first-order valence-electron chi connectivity index (χ1n) is 6.86. The van der Waals surface area contributed by atoms with E-state index in [0.29, 0.717) is 0 Å². The third-order valence-electron chi connectivity index (χ3n) is 2.65. The minimum Gasteiger partial charge on any atom is -0.444 e. The van der Waals surface area contributed by atoms with E-state index in [2.05, 4.69) is 10.6 Å². The Bertz CT molecular complexity index is 394. The van der Waals surface area contributed by atoms with Crippen molar-refractivity contribution in [3.8, 4) is 0 Å². The number of nitrogens with one attached hydrogen (secondary N) is 2. The molecule has 4 N–H and O–H groups in total. The second-order valence-corrected chi connectivity index (χ2v) is 6.99. The Balaban J connectivity index is 4.62. The van der Waals surface area contributed by atoms with Gasteiger partial charge in [-0.15, -0.1) is 0 Å². The van der Waals surface area contributed by atoms with E-state index in [1.54, 1.807) is 20.8 Å². The van der Waals surface area contributed by atoms with Crippen LogP contribution in [0.2, 0.25) is 0 Å². The predicted octanol–water partition coefficient (Wildman–Crippen LogP) is 0.775. The van der Waals surface area contributed by atoms with Crippen molar-refractivity contribution in [3.63, 3.8) is 0 Å². The van der Waals surface area contributed by atoms with E-state index in [1.165, 1.54) is 0 Å². The molecule has 0 heterocycles. The molecular formula is C14H27N3O4. The molecule has 0 radical (unpaired) electrons. The van der Waals surface area contributed by atoms with Gasteiger partial charge in [0.15, 0.2) is 0 Å². The first-order chi connectivity index (χ1) is 9.33. The molecule has 0 rings (SSSR count). The monoisotopic (exact) mass is 301 g/mol. The van der Waals surface area contributed by atoms with Gasteiger partial charge in [0.1, 0.15) is 5.60 Å². The number of amides is 3. The minimum absolute atomic E-state index is 0.114. The Hall–Kier alpha value is -1.79. The zero-order chi connectivity index (χ0) is 16.8. The fraction of sp³-hybridized carbons (Fsp3) is 0.786. The molecule has 0 spiro atoms. The van der Waals surface area contributed by atoms with Gasteiger partial charge in [0.05, 0.1) is 12.5 Å². The van der Waals surface area contributed by atoms with Gasteiger partial charge in [0, 0.05) is 6.54 Å². The van der Waals surface area contributed by atoms with Crippen LogP contribution in [0.5, 0.6) is 0 Å². The van der Waals surface area contributed by atoms with E-state index in [-0.39, 0.29) is 19.0 Å². The predicted molar refractivity (Wildman–Crippen MR) is 79.4 cm³/mol. The summed E-state index contributed by atoms with van der Waals surface area (Å²) in [5.41, 5.74) is 4.00. The van der Waals surface area contributed by atoms with Crippen LogP contribution in [0.15, 0.2) is 0 Å². The summed E-state index contributed by atoms with van der Waals surface area (Å²) in [5, 5.41) is 5.03. The first-order valence-corrected chi connectivity index (χ1v) is 6.86. The maximum absolute atomic E-state index is 12.1. The molecule has 21 heavy (non-hydrogen) atoms. The largest absolute Gasteiger partial charge is 0.444 e. The Labute approximate surface area is 126 Å². The number of rotatable bonds is 5. The Morgan fingerprint density at radius 3 is 1.95 bits per heavy atom. The van der Waals surface area contributed by atoms with E-state index in [1.807, 2.05) is 20.8 Å². The standard InChI is InChI=1S/C14H27N3O4/c1-13(2,3)9(11(19)16-8-10(15)18)7-17-12(20)21-14(4,5)6/h9H,7-8H2,1-6H3,(H2,15,18)(H,16,19)(H,17,20). The summed E-state index contributed by atoms with van der Waals surface area (Å²) >= 11 is 0. The highest BCUT2D eigenvalue weighted by Gasteiger charge is 2.32. The molecule has 0 bridgehead atoms. The average molecular weight is 301 g/mol. The number of hydrogen-bond acceptors (Lipinski definition) is 4. The van der Waals surface area contributed by atoms with Crippen LogP contribution >= 0.6 is 0 Å². The van der Waals surface area contributed by atoms with Crippen LogP contribution < -0.4 is 16.4 Å². The van der Waals surface area contributed by atoms with Gasteiger partial charge < -0.3 is 21.1 Å². The Morgan fingerprint density at radius 2 is 1.57 bits per heavy atom. The number of alkyl carbamates (subject to hydrolysis) is 1. The minimum atomic E-state index is -0.615. The molecule has 0 aliphatic heterocycles. The summed E-state index contributed by atoms with van der Waals surface area (Å²) in [7, 11) is 0. The molecule has 7 nitrogen and oxygen atoms in total. The van der Waals surface area contributed by atoms with Crippen molar-refractivity contribution in [2.45, 2.75) is 47.1 Å². The van der Waals surface area contributed by atoms with E-state index >= 15 is 0 Å². The van der Waals surface area contributed by atoms with Crippen molar-refractivity contribution < 1.29 is 19.1 Å². The van der Waals surface area contributed by atoms with Crippen LogP contribution in [0, 0.1) is 11.3 Å². The topological polar surface area (TPSA) is 111 Å². The van der Waals surface area contributed by atoms with Crippen LogP contribution in [-0.2, 0) is 14.3 Å². The van der Waals surface area contributed by atoms with Gasteiger partial charge in [-0.2, -0.15) is 0 Å². The van der Waals surface area contributed by atoms with Gasteiger partial charge in [-0.25, -0.2) is 4.79 Å². The van der Waals surface area contributed by atoms with E-state index in [0.717, 1.165) is 0 Å². The average Bonchev–Trinajstić information content (AvgIpc) is 2.21. The fourth-order valence-electron chi connectivity index (χ4n) is 1.59. The molecule has 1 unspecified atom stereocenters. The Morgan fingerprint density at radius 1 is 1.05 bits per heavy atom. The molecule has 7 heteroatoms. The van der Waals surface area contributed by atoms with Crippen LogP contribution in [0.1, 0.15) is 41.5 Å². The lowest BCUT2D eigenvalue weighted by Crippen LogP contribution is -2.47. The number of carbonyl (C=O) groups excluding carboxylic acids is 3. The molecule has 3 amide bonds. The molecular weight excluding hydrogens is 274 g/mol. The van der Waals surface area contributed by atoms with E-state index in [9.17, 15) is 14.4 Å². The molecule has 0 fully saturated rings. The molecule has 0 aromatic heterocycles. The van der Waals surface area contributed by atoms with Crippen LogP contribution in [0.3, 0.4) is 0 Å². The zero-order valence-corrected chi connectivity index (χ0v) is 13.7. The number of carbonyl (C=O) groups is 3. The molecule has 0 aromatic rings. The molecule has 0 aliphatic rings. The fourth-order valence-corrected chi connectivity index (χ4v) is 1.59. The highest BCUT2D eigenvalue weighted by atomic mass is 16.6. The summed E-state index contributed by atoms with van der Waals surface area (Å²) in [4.78, 5) is 34.4. The smallest absolute Gasteiger partial charge is 0.407 e. The maximum atomic E-state index is 12.1. The van der Waals surface area contributed by atoms with Gasteiger partial charge in [0.2, 0.25) is 11.8 Å². The number of ether oxygens (including phenoxy) is 1. The lowest BCUT2D eigenvalue weighted by molar-refractivity contribution is -0.130.